The number of amides is 1. The van der Waals surface area contributed by atoms with Crippen LogP contribution in [0.15, 0.2) is 58.1 Å². The van der Waals surface area contributed by atoms with E-state index in [2.05, 4.69) is 20.6 Å². The van der Waals surface area contributed by atoms with E-state index in [0.29, 0.717) is 5.69 Å². The number of carbonyl (C=O) groups is 1. The van der Waals surface area contributed by atoms with Gasteiger partial charge in [0.05, 0.1) is 19.3 Å². The highest BCUT2D eigenvalue weighted by atomic mass is 16.5. The number of benzene rings is 1. The van der Waals surface area contributed by atoms with Crippen molar-refractivity contribution < 1.29 is 9.53 Å². The van der Waals surface area contributed by atoms with Crippen LogP contribution >= 0.6 is 0 Å². The lowest BCUT2D eigenvalue weighted by atomic mass is 10.1. The molecule has 1 amide bonds. The van der Waals surface area contributed by atoms with Gasteiger partial charge < -0.3 is 10.1 Å². The largest absolute Gasteiger partial charge is 0.497 e. The summed E-state index contributed by atoms with van der Waals surface area (Å²) in [5.74, 6) is 0.274. The summed E-state index contributed by atoms with van der Waals surface area (Å²) in [5, 5.41) is 12.8. The third-order valence-corrected chi connectivity index (χ3v) is 3.77. The topological polar surface area (TPSA) is 119 Å². The summed E-state index contributed by atoms with van der Waals surface area (Å²) in [6, 6.07) is 12.9. The van der Waals surface area contributed by atoms with Crippen LogP contribution in [-0.4, -0.2) is 39.5 Å². The zero-order valence-corrected chi connectivity index (χ0v) is 14.5. The fraction of sp³-hybridized carbons (Fsp3) is 0.167. The highest BCUT2D eigenvalue weighted by Crippen LogP contribution is 2.19. The maximum Gasteiger partial charge on any atom is 0.271 e. The molecular weight excluding hydrogens is 350 g/mol. The number of ether oxygens (including phenoxy) is 1. The van der Waals surface area contributed by atoms with E-state index in [-0.39, 0.29) is 24.3 Å². The molecule has 27 heavy (non-hydrogen) atoms. The summed E-state index contributed by atoms with van der Waals surface area (Å²) in [7, 11) is 1.59. The number of hydrogen-bond acceptors (Lipinski definition) is 6. The first kappa shape index (κ1) is 18.1. The molecule has 0 fully saturated rings. The lowest BCUT2D eigenvalue weighted by molar-refractivity contribution is 0.0945. The van der Waals surface area contributed by atoms with E-state index in [9.17, 15) is 14.4 Å². The van der Waals surface area contributed by atoms with Crippen molar-refractivity contribution in [3.8, 4) is 17.0 Å². The first-order valence-electron chi connectivity index (χ1n) is 8.13. The Bertz CT molecular complexity index is 1040. The molecule has 3 rings (SSSR count). The van der Waals surface area contributed by atoms with Crippen molar-refractivity contribution in [2.75, 3.05) is 13.7 Å². The molecule has 0 aliphatic carbocycles. The second-order valence-electron chi connectivity index (χ2n) is 5.57. The van der Waals surface area contributed by atoms with Gasteiger partial charge in [-0.3, -0.25) is 14.4 Å². The van der Waals surface area contributed by atoms with Crippen LogP contribution in [0.3, 0.4) is 0 Å². The van der Waals surface area contributed by atoms with E-state index < -0.39 is 11.5 Å². The van der Waals surface area contributed by atoms with Crippen LogP contribution in [0.1, 0.15) is 10.5 Å². The zero-order valence-electron chi connectivity index (χ0n) is 14.5. The molecule has 3 aromatic rings. The van der Waals surface area contributed by atoms with Gasteiger partial charge in [-0.15, -0.1) is 0 Å². The number of hydrogen-bond donors (Lipinski definition) is 2. The fourth-order valence-electron chi connectivity index (χ4n) is 2.36. The molecule has 0 saturated heterocycles. The average Bonchev–Trinajstić information content (AvgIpc) is 2.70. The third kappa shape index (κ3) is 4.46. The minimum absolute atomic E-state index is 0.0851. The minimum atomic E-state index is -0.453. The molecule has 0 aliphatic rings. The van der Waals surface area contributed by atoms with Gasteiger partial charge >= 0.3 is 0 Å². The van der Waals surface area contributed by atoms with E-state index in [1.807, 2.05) is 24.3 Å². The Morgan fingerprint density at radius 1 is 1.11 bits per heavy atom. The average molecular weight is 367 g/mol. The number of aromatic amines is 1. The van der Waals surface area contributed by atoms with Crippen LogP contribution in [0, 0.1) is 0 Å². The number of H-pyrrole nitrogens is 1. The van der Waals surface area contributed by atoms with Crippen molar-refractivity contribution in [1.29, 1.82) is 0 Å². The molecule has 0 radical (unpaired) electrons. The Morgan fingerprint density at radius 3 is 2.56 bits per heavy atom. The van der Waals surface area contributed by atoms with Gasteiger partial charge in [0.15, 0.2) is 0 Å². The molecule has 2 heterocycles. The standard InChI is InChI=1S/C18H17N5O4/c1-27-13-4-2-12(3-5-13)14-7-9-17(25)23(22-14)11-10-19-18(26)15-6-8-16(24)21-20-15/h2-9H,10-11H2,1H3,(H,19,26)(H,21,24). The molecule has 2 N–H and O–H groups in total. The van der Waals surface area contributed by atoms with Gasteiger partial charge in [-0.05, 0) is 36.4 Å². The number of nitrogens with zero attached hydrogens (tertiary/aromatic N) is 3. The van der Waals surface area contributed by atoms with Crippen molar-refractivity contribution in [3.63, 3.8) is 0 Å². The molecule has 0 unspecified atom stereocenters. The van der Waals surface area contributed by atoms with E-state index in [4.69, 9.17) is 4.74 Å². The van der Waals surface area contributed by atoms with E-state index in [0.717, 1.165) is 11.3 Å². The van der Waals surface area contributed by atoms with E-state index >= 15 is 0 Å². The SMILES string of the molecule is COc1ccc(-c2ccc(=O)n(CCNC(=O)c3ccc(=O)[nH]n3)n2)cc1. The molecule has 2 aromatic heterocycles. The van der Waals surface area contributed by atoms with E-state index in [1.165, 1.54) is 22.9 Å². The summed E-state index contributed by atoms with van der Waals surface area (Å²) >= 11 is 0. The highest BCUT2D eigenvalue weighted by molar-refractivity contribution is 5.91. The molecule has 0 atom stereocenters. The summed E-state index contributed by atoms with van der Waals surface area (Å²) in [4.78, 5) is 34.9. The molecule has 0 bridgehead atoms. The first-order valence-corrected chi connectivity index (χ1v) is 8.13. The fourth-order valence-corrected chi connectivity index (χ4v) is 2.36. The Balaban J connectivity index is 1.67. The normalized spacial score (nSPS) is 10.4. The monoisotopic (exact) mass is 367 g/mol. The molecule has 138 valence electrons. The molecule has 0 aliphatic heterocycles. The van der Waals surface area contributed by atoms with Crippen molar-refractivity contribution in [2.45, 2.75) is 6.54 Å². The number of methoxy groups -OCH3 is 1. The molecule has 9 heteroatoms. The van der Waals surface area contributed by atoms with Gasteiger partial charge in [-0.25, -0.2) is 9.78 Å². The predicted octanol–water partition coefficient (Wildman–Crippen LogP) is 0.432. The molecule has 0 saturated carbocycles. The van der Waals surface area contributed by atoms with E-state index in [1.54, 1.807) is 13.2 Å². The predicted molar refractivity (Wildman–Crippen MR) is 97.7 cm³/mol. The Hall–Kier alpha value is -3.75. The summed E-state index contributed by atoms with van der Waals surface area (Å²) in [5.41, 5.74) is 0.889. The maximum absolute atomic E-state index is 12.0. The third-order valence-electron chi connectivity index (χ3n) is 3.77. The Morgan fingerprint density at radius 2 is 1.89 bits per heavy atom. The summed E-state index contributed by atoms with van der Waals surface area (Å²) in [6.45, 7) is 0.372. The number of nitrogens with one attached hydrogen (secondary N) is 2. The lowest BCUT2D eigenvalue weighted by Gasteiger charge is -2.08. The van der Waals surface area contributed by atoms with Crippen LogP contribution in [0.2, 0.25) is 0 Å². The number of aromatic nitrogens is 4. The van der Waals surface area contributed by atoms with Gasteiger partial charge in [-0.1, -0.05) is 0 Å². The van der Waals surface area contributed by atoms with Crippen molar-refractivity contribution in [3.05, 3.63) is 74.9 Å². The van der Waals surface area contributed by atoms with Gasteiger partial charge in [0.2, 0.25) is 0 Å². The number of rotatable bonds is 6. The van der Waals surface area contributed by atoms with Crippen LogP contribution in [-0.2, 0) is 6.54 Å². The summed E-state index contributed by atoms with van der Waals surface area (Å²) < 4.78 is 6.40. The van der Waals surface area contributed by atoms with Crippen molar-refractivity contribution >= 4 is 5.91 Å². The quantitative estimate of drug-likeness (QED) is 0.652. The zero-order chi connectivity index (χ0) is 19.2. The van der Waals surface area contributed by atoms with Gasteiger partial charge in [-0.2, -0.15) is 10.2 Å². The highest BCUT2D eigenvalue weighted by Gasteiger charge is 2.08. The summed E-state index contributed by atoms with van der Waals surface area (Å²) in [6.07, 6.45) is 0. The number of carbonyl (C=O) groups excluding carboxylic acids is 1. The van der Waals surface area contributed by atoms with Gasteiger partial charge in [0.1, 0.15) is 11.4 Å². The van der Waals surface area contributed by atoms with Gasteiger partial charge in [0, 0.05) is 24.2 Å². The maximum atomic E-state index is 12.0. The van der Waals surface area contributed by atoms with Crippen molar-refractivity contribution in [1.82, 2.24) is 25.3 Å². The Kier molecular flexibility index (Phi) is 5.41. The van der Waals surface area contributed by atoms with Crippen LogP contribution in [0.4, 0.5) is 0 Å². The first-order chi connectivity index (χ1) is 13.1. The Labute approximate surface area is 153 Å². The smallest absolute Gasteiger partial charge is 0.271 e. The van der Waals surface area contributed by atoms with Gasteiger partial charge in [0.25, 0.3) is 17.0 Å². The molecule has 1 aromatic carbocycles. The second kappa shape index (κ2) is 8.09. The van der Waals surface area contributed by atoms with Crippen LogP contribution < -0.4 is 21.2 Å². The molecule has 9 nitrogen and oxygen atoms in total. The molecule has 0 spiro atoms. The minimum Gasteiger partial charge on any atom is -0.497 e. The lowest BCUT2D eigenvalue weighted by Crippen LogP contribution is -2.32. The second-order valence-corrected chi connectivity index (χ2v) is 5.57. The van der Waals surface area contributed by atoms with Crippen molar-refractivity contribution in [2.24, 2.45) is 0 Å². The molecular formula is C18H17N5O4. The van der Waals surface area contributed by atoms with Crippen LogP contribution in [0.25, 0.3) is 11.3 Å². The van der Waals surface area contributed by atoms with Crippen LogP contribution in [0.5, 0.6) is 5.75 Å².